The summed E-state index contributed by atoms with van der Waals surface area (Å²) in [4.78, 5) is 24.7. The van der Waals surface area contributed by atoms with E-state index in [1.54, 1.807) is 25.1 Å². The van der Waals surface area contributed by atoms with E-state index in [1.807, 2.05) is 32.0 Å². The highest BCUT2D eigenvalue weighted by Crippen LogP contribution is 2.15. The quantitative estimate of drug-likeness (QED) is 0.616. The van der Waals surface area contributed by atoms with E-state index in [9.17, 15) is 14.6 Å². The maximum atomic E-state index is 12.4. The minimum atomic E-state index is -1.02. The first-order valence-corrected chi connectivity index (χ1v) is 8.82. The molecule has 2 aromatic rings. The molecule has 1 unspecified atom stereocenters. The van der Waals surface area contributed by atoms with Crippen molar-refractivity contribution in [2.75, 3.05) is 0 Å². The van der Waals surface area contributed by atoms with E-state index in [-0.39, 0.29) is 6.61 Å². The topological polar surface area (TPSA) is 84.9 Å². The van der Waals surface area contributed by atoms with Gasteiger partial charge in [-0.1, -0.05) is 24.3 Å². The summed E-state index contributed by atoms with van der Waals surface area (Å²) >= 11 is 0. The van der Waals surface area contributed by atoms with Crippen molar-refractivity contribution in [3.63, 3.8) is 0 Å². The summed E-state index contributed by atoms with van der Waals surface area (Å²) in [5, 5.41) is 12.4. The summed E-state index contributed by atoms with van der Waals surface area (Å²) in [6.45, 7) is 6.00. The molecule has 7 heteroatoms. The smallest absolute Gasteiger partial charge is 0.459 e. The third kappa shape index (κ3) is 4.20. The fraction of sp³-hybridized carbons (Fsp3) is 0.300. The van der Waals surface area contributed by atoms with Gasteiger partial charge >= 0.3 is 13.1 Å². The van der Waals surface area contributed by atoms with Crippen molar-refractivity contribution in [3.05, 3.63) is 64.2 Å². The van der Waals surface area contributed by atoms with E-state index in [4.69, 9.17) is 9.39 Å². The Morgan fingerprint density at radius 1 is 1.26 bits per heavy atom. The van der Waals surface area contributed by atoms with Gasteiger partial charge in [0.25, 0.3) is 5.91 Å². The highest BCUT2D eigenvalue weighted by atomic mass is 16.5. The van der Waals surface area contributed by atoms with Crippen LogP contribution in [0.4, 0.5) is 0 Å². The van der Waals surface area contributed by atoms with E-state index >= 15 is 0 Å². The van der Waals surface area contributed by atoms with Gasteiger partial charge in [0.1, 0.15) is 12.6 Å². The molecule has 3 rings (SSSR count). The van der Waals surface area contributed by atoms with Crippen molar-refractivity contribution in [3.8, 4) is 0 Å². The lowest BCUT2D eigenvalue weighted by Crippen LogP contribution is -2.40. The molecule has 0 saturated heterocycles. The summed E-state index contributed by atoms with van der Waals surface area (Å²) < 4.78 is 10.5. The maximum absolute atomic E-state index is 12.4. The van der Waals surface area contributed by atoms with Gasteiger partial charge in [-0.3, -0.25) is 4.79 Å². The second-order valence-corrected chi connectivity index (χ2v) is 6.75. The molecule has 1 amide bonds. The standard InChI is InChI=1S/C20H22BNO5/c1-12-5-4-6-13(2)17(12)11-26-20(24)14(3)22-19(23)15-7-8-16-10-27-21(25)18(16)9-15/h4-9,14,25H,10-11H2,1-3H3,(H,22,23). The Morgan fingerprint density at radius 2 is 1.96 bits per heavy atom. The first kappa shape index (κ1) is 19.1. The van der Waals surface area contributed by atoms with Crippen LogP contribution >= 0.6 is 0 Å². The van der Waals surface area contributed by atoms with Crippen molar-refractivity contribution in [2.45, 2.75) is 40.0 Å². The molecule has 0 aliphatic carbocycles. The zero-order valence-corrected chi connectivity index (χ0v) is 15.6. The fourth-order valence-electron chi connectivity index (χ4n) is 3.04. The summed E-state index contributed by atoms with van der Waals surface area (Å²) in [6.07, 6.45) is 0. The minimum absolute atomic E-state index is 0.167. The molecule has 2 aromatic carbocycles. The van der Waals surface area contributed by atoms with Gasteiger partial charge in [0.15, 0.2) is 0 Å². The number of carbonyl (C=O) groups is 2. The summed E-state index contributed by atoms with van der Waals surface area (Å²) in [5.74, 6) is -0.913. The SMILES string of the molecule is Cc1cccc(C)c1COC(=O)C(C)NC(=O)c1ccc2c(c1)B(O)OC2. The van der Waals surface area contributed by atoms with Crippen LogP contribution in [0.5, 0.6) is 0 Å². The molecule has 2 N–H and O–H groups in total. The van der Waals surface area contributed by atoms with Crippen LogP contribution in [0.3, 0.4) is 0 Å². The van der Waals surface area contributed by atoms with Crippen molar-refractivity contribution < 1.29 is 24.0 Å². The molecule has 0 fully saturated rings. The van der Waals surface area contributed by atoms with Crippen LogP contribution < -0.4 is 10.8 Å². The monoisotopic (exact) mass is 367 g/mol. The Kier molecular flexibility index (Phi) is 5.63. The number of carbonyl (C=O) groups excluding carboxylic acids is 2. The molecule has 0 saturated carbocycles. The van der Waals surface area contributed by atoms with Gasteiger partial charge < -0.3 is 19.7 Å². The number of hydrogen-bond donors (Lipinski definition) is 2. The van der Waals surface area contributed by atoms with Crippen LogP contribution in [0.1, 0.15) is 39.5 Å². The zero-order valence-electron chi connectivity index (χ0n) is 15.6. The van der Waals surface area contributed by atoms with E-state index in [0.717, 1.165) is 22.3 Å². The molecule has 1 atom stereocenters. The van der Waals surface area contributed by atoms with Crippen LogP contribution in [-0.4, -0.2) is 30.1 Å². The average molecular weight is 367 g/mol. The Balaban J connectivity index is 1.60. The lowest BCUT2D eigenvalue weighted by atomic mass is 9.79. The van der Waals surface area contributed by atoms with Gasteiger partial charge in [-0.15, -0.1) is 0 Å². The Bertz CT molecular complexity index is 862. The number of hydrogen-bond acceptors (Lipinski definition) is 5. The summed E-state index contributed by atoms with van der Waals surface area (Å²) in [7, 11) is -1.02. The molecule has 0 radical (unpaired) electrons. The number of fused-ring (bicyclic) bond motifs is 1. The van der Waals surface area contributed by atoms with Gasteiger partial charge in [-0.25, -0.2) is 4.79 Å². The molecule has 6 nitrogen and oxygen atoms in total. The van der Waals surface area contributed by atoms with Gasteiger partial charge in [-0.05, 0) is 60.6 Å². The number of aryl methyl sites for hydroxylation is 2. The largest absolute Gasteiger partial charge is 0.491 e. The number of esters is 1. The van der Waals surface area contributed by atoms with Gasteiger partial charge in [0.2, 0.25) is 0 Å². The predicted octanol–water partition coefficient (Wildman–Crippen LogP) is 1.38. The maximum Gasteiger partial charge on any atom is 0.491 e. The van der Waals surface area contributed by atoms with Crippen LogP contribution in [0.15, 0.2) is 36.4 Å². The molecule has 140 valence electrons. The lowest BCUT2D eigenvalue weighted by Gasteiger charge is -2.15. The van der Waals surface area contributed by atoms with E-state index < -0.39 is 25.0 Å². The average Bonchev–Trinajstić information content (AvgIpc) is 3.01. The number of ether oxygens (including phenoxy) is 1. The molecule has 1 aliphatic heterocycles. The Labute approximate surface area is 158 Å². The second kappa shape index (κ2) is 7.94. The first-order chi connectivity index (χ1) is 12.9. The molecule has 27 heavy (non-hydrogen) atoms. The number of benzene rings is 2. The molecule has 0 aromatic heterocycles. The molecular weight excluding hydrogens is 345 g/mol. The van der Waals surface area contributed by atoms with Crippen molar-refractivity contribution in [1.29, 1.82) is 0 Å². The van der Waals surface area contributed by atoms with Gasteiger partial charge in [0.05, 0.1) is 6.61 Å². The van der Waals surface area contributed by atoms with Crippen molar-refractivity contribution in [2.24, 2.45) is 0 Å². The van der Waals surface area contributed by atoms with Crippen LogP contribution in [0.25, 0.3) is 0 Å². The third-order valence-corrected chi connectivity index (χ3v) is 4.78. The summed E-state index contributed by atoms with van der Waals surface area (Å²) in [6, 6.07) is 10.1. The predicted molar refractivity (Wildman–Crippen MR) is 101 cm³/mol. The minimum Gasteiger partial charge on any atom is -0.459 e. The second-order valence-electron chi connectivity index (χ2n) is 6.75. The first-order valence-electron chi connectivity index (χ1n) is 8.82. The fourth-order valence-corrected chi connectivity index (χ4v) is 3.04. The third-order valence-electron chi connectivity index (χ3n) is 4.78. The van der Waals surface area contributed by atoms with Crippen LogP contribution in [0.2, 0.25) is 0 Å². The Hall–Kier alpha value is -2.64. The lowest BCUT2D eigenvalue weighted by molar-refractivity contribution is -0.146. The van der Waals surface area contributed by atoms with E-state index in [1.165, 1.54) is 0 Å². The number of amides is 1. The molecule has 1 heterocycles. The van der Waals surface area contributed by atoms with Crippen LogP contribution in [0, 0.1) is 13.8 Å². The number of nitrogens with one attached hydrogen (secondary N) is 1. The highest BCUT2D eigenvalue weighted by Gasteiger charge is 2.28. The molecular formula is C20H22BNO5. The highest BCUT2D eigenvalue weighted by molar-refractivity contribution is 6.61. The van der Waals surface area contributed by atoms with E-state index in [0.29, 0.717) is 17.6 Å². The van der Waals surface area contributed by atoms with Gasteiger partial charge in [-0.2, -0.15) is 0 Å². The molecule has 1 aliphatic rings. The molecule has 0 bridgehead atoms. The Morgan fingerprint density at radius 3 is 2.67 bits per heavy atom. The zero-order chi connectivity index (χ0) is 19.6. The molecule has 0 spiro atoms. The van der Waals surface area contributed by atoms with Gasteiger partial charge in [0, 0.05) is 5.56 Å². The normalized spacial score (nSPS) is 13.9. The van der Waals surface area contributed by atoms with Crippen molar-refractivity contribution in [1.82, 2.24) is 5.32 Å². The van der Waals surface area contributed by atoms with E-state index in [2.05, 4.69) is 5.32 Å². The van der Waals surface area contributed by atoms with Crippen molar-refractivity contribution >= 4 is 24.5 Å². The summed E-state index contributed by atoms with van der Waals surface area (Å²) in [5.41, 5.74) is 4.86. The van der Waals surface area contributed by atoms with Crippen LogP contribution in [-0.2, 0) is 27.4 Å². The number of rotatable bonds is 5.